The van der Waals surface area contributed by atoms with E-state index in [0.29, 0.717) is 18.9 Å². The zero-order chi connectivity index (χ0) is 13.0. The van der Waals surface area contributed by atoms with E-state index in [1.54, 1.807) is 6.92 Å². The van der Waals surface area contributed by atoms with Gasteiger partial charge in [-0.1, -0.05) is 18.6 Å². The van der Waals surface area contributed by atoms with Crippen LogP contribution in [0.5, 0.6) is 0 Å². The van der Waals surface area contributed by atoms with Crippen LogP contribution in [0.3, 0.4) is 0 Å². The van der Waals surface area contributed by atoms with Crippen molar-refractivity contribution in [2.45, 2.75) is 39.2 Å². The van der Waals surface area contributed by atoms with Gasteiger partial charge in [-0.05, 0) is 19.8 Å². The van der Waals surface area contributed by atoms with Gasteiger partial charge in [-0.15, -0.1) is 5.10 Å². The summed E-state index contributed by atoms with van der Waals surface area (Å²) in [5.41, 5.74) is 1.22. The van der Waals surface area contributed by atoms with E-state index in [1.807, 2.05) is 4.68 Å². The number of carbonyl (C=O) groups excluding carboxylic acids is 1. The first-order chi connectivity index (χ1) is 8.77. The van der Waals surface area contributed by atoms with E-state index in [0.717, 1.165) is 31.6 Å². The van der Waals surface area contributed by atoms with Crippen LogP contribution in [0.25, 0.3) is 0 Å². The van der Waals surface area contributed by atoms with Gasteiger partial charge in [0.25, 0.3) is 0 Å². The molecule has 0 spiro atoms. The first-order valence-electron chi connectivity index (χ1n) is 6.46. The zero-order valence-electron chi connectivity index (χ0n) is 10.9. The summed E-state index contributed by atoms with van der Waals surface area (Å²) in [5, 5.41) is 8.09. The van der Waals surface area contributed by atoms with Crippen LogP contribution >= 0.6 is 0 Å². The SMILES string of the molecule is CCCc1c(C(=O)OCC)nnn1C1CCOC1. The van der Waals surface area contributed by atoms with Crippen molar-refractivity contribution in [2.75, 3.05) is 19.8 Å². The number of hydrogen-bond acceptors (Lipinski definition) is 5. The topological polar surface area (TPSA) is 66.2 Å². The molecule has 100 valence electrons. The molecule has 0 N–H and O–H groups in total. The van der Waals surface area contributed by atoms with Crippen LogP contribution in [-0.4, -0.2) is 40.8 Å². The Bertz CT molecular complexity index is 411. The Morgan fingerprint density at radius 3 is 3.00 bits per heavy atom. The standard InChI is InChI=1S/C12H19N3O3/c1-3-5-10-11(12(16)18-4-2)13-14-15(10)9-6-7-17-8-9/h9H,3-8H2,1-2H3. The van der Waals surface area contributed by atoms with Gasteiger partial charge >= 0.3 is 5.97 Å². The van der Waals surface area contributed by atoms with Gasteiger partial charge in [0, 0.05) is 6.61 Å². The number of hydrogen-bond donors (Lipinski definition) is 0. The van der Waals surface area contributed by atoms with Crippen molar-refractivity contribution in [3.05, 3.63) is 11.4 Å². The van der Waals surface area contributed by atoms with E-state index in [4.69, 9.17) is 9.47 Å². The van der Waals surface area contributed by atoms with Gasteiger partial charge < -0.3 is 9.47 Å². The fourth-order valence-electron chi connectivity index (χ4n) is 2.15. The van der Waals surface area contributed by atoms with Crippen LogP contribution in [0.2, 0.25) is 0 Å². The highest BCUT2D eigenvalue weighted by Gasteiger charge is 2.26. The minimum absolute atomic E-state index is 0.197. The van der Waals surface area contributed by atoms with Gasteiger partial charge in [-0.2, -0.15) is 0 Å². The predicted octanol–water partition coefficient (Wildman–Crippen LogP) is 1.37. The molecule has 0 radical (unpaired) electrons. The third-order valence-electron chi connectivity index (χ3n) is 3.00. The highest BCUT2D eigenvalue weighted by atomic mass is 16.5. The molecule has 1 atom stereocenters. The molecule has 0 amide bonds. The van der Waals surface area contributed by atoms with Crippen molar-refractivity contribution in [2.24, 2.45) is 0 Å². The molecular formula is C12H19N3O3. The van der Waals surface area contributed by atoms with Crippen molar-refractivity contribution in [3.63, 3.8) is 0 Å². The molecule has 18 heavy (non-hydrogen) atoms. The normalized spacial score (nSPS) is 19.1. The maximum Gasteiger partial charge on any atom is 0.360 e. The maximum atomic E-state index is 11.8. The molecule has 0 bridgehead atoms. The molecule has 1 saturated heterocycles. The Kier molecular flexibility index (Phi) is 4.30. The second-order valence-electron chi connectivity index (χ2n) is 4.32. The lowest BCUT2D eigenvalue weighted by molar-refractivity contribution is 0.0518. The third kappa shape index (κ3) is 2.53. The molecular weight excluding hydrogens is 234 g/mol. The minimum Gasteiger partial charge on any atom is -0.461 e. The molecule has 1 unspecified atom stereocenters. The van der Waals surface area contributed by atoms with E-state index in [1.165, 1.54) is 0 Å². The van der Waals surface area contributed by atoms with E-state index < -0.39 is 0 Å². The summed E-state index contributed by atoms with van der Waals surface area (Å²) in [5.74, 6) is -0.383. The summed E-state index contributed by atoms with van der Waals surface area (Å²) >= 11 is 0. The second kappa shape index (κ2) is 5.95. The van der Waals surface area contributed by atoms with Gasteiger partial charge in [0.2, 0.25) is 0 Å². The molecule has 2 heterocycles. The van der Waals surface area contributed by atoms with Crippen molar-refractivity contribution in [1.29, 1.82) is 0 Å². The number of rotatable bonds is 5. The largest absolute Gasteiger partial charge is 0.461 e. The van der Waals surface area contributed by atoms with Gasteiger partial charge in [-0.3, -0.25) is 0 Å². The minimum atomic E-state index is -0.383. The van der Waals surface area contributed by atoms with Crippen LogP contribution in [-0.2, 0) is 15.9 Å². The maximum absolute atomic E-state index is 11.8. The average Bonchev–Trinajstić information content (AvgIpc) is 2.97. The summed E-state index contributed by atoms with van der Waals surface area (Å²) in [4.78, 5) is 11.8. The molecule has 0 aliphatic carbocycles. The third-order valence-corrected chi connectivity index (χ3v) is 3.00. The Morgan fingerprint density at radius 1 is 1.56 bits per heavy atom. The molecule has 2 rings (SSSR count). The highest BCUT2D eigenvalue weighted by molar-refractivity contribution is 5.88. The Hall–Kier alpha value is -1.43. The summed E-state index contributed by atoms with van der Waals surface area (Å²) in [6.45, 7) is 5.58. The first kappa shape index (κ1) is 13.0. The second-order valence-corrected chi connectivity index (χ2v) is 4.32. The number of aromatic nitrogens is 3. The van der Waals surface area contributed by atoms with E-state index >= 15 is 0 Å². The lowest BCUT2D eigenvalue weighted by atomic mass is 10.1. The van der Waals surface area contributed by atoms with Crippen LogP contribution in [0.4, 0.5) is 0 Å². The number of nitrogens with zero attached hydrogens (tertiary/aromatic N) is 3. The Morgan fingerprint density at radius 2 is 2.39 bits per heavy atom. The van der Waals surface area contributed by atoms with Gasteiger partial charge in [0.15, 0.2) is 5.69 Å². The number of esters is 1. The first-order valence-corrected chi connectivity index (χ1v) is 6.46. The van der Waals surface area contributed by atoms with Crippen molar-refractivity contribution in [1.82, 2.24) is 15.0 Å². The average molecular weight is 253 g/mol. The van der Waals surface area contributed by atoms with Crippen molar-refractivity contribution in [3.8, 4) is 0 Å². The van der Waals surface area contributed by atoms with Crippen LogP contribution < -0.4 is 0 Å². The molecule has 0 aromatic carbocycles. The summed E-state index contributed by atoms with van der Waals surface area (Å²) in [7, 11) is 0. The molecule has 1 aromatic heterocycles. The molecule has 0 saturated carbocycles. The molecule has 6 nitrogen and oxygen atoms in total. The fourth-order valence-corrected chi connectivity index (χ4v) is 2.15. The number of ether oxygens (including phenoxy) is 2. The molecule has 1 aromatic rings. The monoisotopic (exact) mass is 253 g/mol. The van der Waals surface area contributed by atoms with E-state index in [9.17, 15) is 4.79 Å². The fraction of sp³-hybridized carbons (Fsp3) is 0.750. The zero-order valence-corrected chi connectivity index (χ0v) is 10.9. The van der Waals surface area contributed by atoms with Gasteiger partial charge in [0.1, 0.15) is 0 Å². The lowest BCUT2D eigenvalue weighted by Gasteiger charge is -2.11. The van der Waals surface area contributed by atoms with Crippen LogP contribution in [0.15, 0.2) is 0 Å². The summed E-state index contributed by atoms with van der Waals surface area (Å²) in [6, 6.07) is 0.197. The van der Waals surface area contributed by atoms with Crippen molar-refractivity contribution < 1.29 is 14.3 Å². The van der Waals surface area contributed by atoms with E-state index in [2.05, 4.69) is 17.2 Å². The molecule has 1 aliphatic rings. The smallest absolute Gasteiger partial charge is 0.360 e. The molecule has 1 aliphatic heterocycles. The number of carbonyl (C=O) groups is 1. The predicted molar refractivity (Wildman–Crippen MR) is 64.4 cm³/mol. The van der Waals surface area contributed by atoms with Crippen molar-refractivity contribution >= 4 is 5.97 Å². The quantitative estimate of drug-likeness (QED) is 0.741. The Balaban J connectivity index is 2.26. The van der Waals surface area contributed by atoms with Crippen LogP contribution in [0, 0.1) is 0 Å². The molecule has 1 fully saturated rings. The van der Waals surface area contributed by atoms with E-state index in [-0.39, 0.29) is 12.0 Å². The molecule has 6 heteroatoms. The van der Waals surface area contributed by atoms with Gasteiger partial charge in [-0.25, -0.2) is 9.48 Å². The lowest BCUT2D eigenvalue weighted by Crippen LogP contribution is -2.15. The van der Waals surface area contributed by atoms with Crippen LogP contribution in [0.1, 0.15) is 48.9 Å². The van der Waals surface area contributed by atoms with Gasteiger partial charge in [0.05, 0.1) is 24.9 Å². The summed E-state index contributed by atoms with van der Waals surface area (Å²) in [6.07, 6.45) is 2.63. The Labute approximate surface area is 106 Å². The highest BCUT2D eigenvalue weighted by Crippen LogP contribution is 2.22. The summed E-state index contributed by atoms with van der Waals surface area (Å²) < 4.78 is 12.2.